The Bertz CT molecular complexity index is 552. The summed E-state index contributed by atoms with van der Waals surface area (Å²) in [6.45, 7) is 3.81. The zero-order chi connectivity index (χ0) is 13.7. The number of halogens is 1. The van der Waals surface area contributed by atoms with Crippen molar-refractivity contribution in [3.05, 3.63) is 78.1 Å². The minimum atomic E-state index is -0.997. The van der Waals surface area contributed by atoms with Crippen molar-refractivity contribution < 1.29 is 14.2 Å². The number of aliphatic hydroxyl groups excluding tert-OH is 1. The van der Waals surface area contributed by atoms with Crippen LogP contribution in [0.2, 0.25) is 0 Å². The molecule has 0 aliphatic carbocycles. The van der Waals surface area contributed by atoms with Crippen molar-refractivity contribution in [3.8, 4) is 5.75 Å². The summed E-state index contributed by atoms with van der Waals surface area (Å²) in [5.74, 6) is -0.0701. The van der Waals surface area contributed by atoms with Crippen molar-refractivity contribution in [2.45, 2.75) is 12.7 Å². The van der Waals surface area contributed by atoms with Gasteiger partial charge in [0.15, 0.2) is 0 Å². The molecule has 0 saturated carbocycles. The summed E-state index contributed by atoms with van der Waals surface area (Å²) in [6, 6.07) is 14.0. The fourth-order valence-corrected chi connectivity index (χ4v) is 1.71. The number of ether oxygens (including phenoxy) is 1. The Morgan fingerprint density at radius 2 is 1.95 bits per heavy atom. The first kappa shape index (κ1) is 13.3. The van der Waals surface area contributed by atoms with Gasteiger partial charge >= 0.3 is 0 Å². The highest BCUT2D eigenvalue weighted by Crippen LogP contribution is 2.23. The van der Waals surface area contributed by atoms with E-state index in [1.807, 2.05) is 30.3 Å². The predicted molar refractivity (Wildman–Crippen MR) is 72.3 cm³/mol. The monoisotopic (exact) mass is 258 g/mol. The highest BCUT2D eigenvalue weighted by atomic mass is 19.1. The van der Waals surface area contributed by atoms with Crippen molar-refractivity contribution in [2.75, 3.05) is 0 Å². The Hall–Kier alpha value is -2.13. The second kappa shape index (κ2) is 6.16. The fourth-order valence-electron chi connectivity index (χ4n) is 1.71. The Labute approximate surface area is 111 Å². The van der Waals surface area contributed by atoms with E-state index in [1.54, 1.807) is 6.07 Å². The quantitative estimate of drug-likeness (QED) is 0.830. The van der Waals surface area contributed by atoms with Crippen LogP contribution in [0.3, 0.4) is 0 Å². The number of hydrogen-bond donors (Lipinski definition) is 1. The molecule has 0 saturated heterocycles. The number of rotatable bonds is 5. The SMILES string of the molecule is C=CC(O)c1ccc(OCc2ccccc2)cc1F. The Morgan fingerprint density at radius 1 is 1.21 bits per heavy atom. The van der Waals surface area contributed by atoms with E-state index in [9.17, 15) is 9.50 Å². The standard InChI is InChI=1S/C16H15FO2/c1-2-16(18)14-9-8-13(10-15(14)17)19-11-12-6-4-3-5-7-12/h2-10,16,18H,1,11H2. The lowest BCUT2D eigenvalue weighted by Gasteiger charge is -2.10. The molecule has 0 spiro atoms. The Morgan fingerprint density at radius 3 is 2.58 bits per heavy atom. The van der Waals surface area contributed by atoms with Gasteiger partial charge in [-0.05, 0) is 17.7 Å². The van der Waals surface area contributed by atoms with Gasteiger partial charge in [-0.3, -0.25) is 0 Å². The molecule has 1 N–H and O–H groups in total. The summed E-state index contributed by atoms with van der Waals surface area (Å²) < 4.78 is 19.2. The molecule has 2 aromatic rings. The molecule has 2 nitrogen and oxygen atoms in total. The first-order valence-electron chi connectivity index (χ1n) is 5.97. The van der Waals surface area contributed by atoms with E-state index in [0.29, 0.717) is 12.4 Å². The van der Waals surface area contributed by atoms with E-state index in [-0.39, 0.29) is 5.56 Å². The van der Waals surface area contributed by atoms with Crippen molar-refractivity contribution in [2.24, 2.45) is 0 Å². The lowest BCUT2D eigenvalue weighted by atomic mass is 10.1. The second-order valence-corrected chi connectivity index (χ2v) is 4.14. The third kappa shape index (κ3) is 3.42. The maximum atomic E-state index is 13.7. The van der Waals surface area contributed by atoms with Gasteiger partial charge in [0.2, 0.25) is 0 Å². The van der Waals surface area contributed by atoms with Crippen LogP contribution in [0.25, 0.3) is 0 Å². The molecule has 19 heavy (non-hydrogen) atoms. The van der Waals surface area contributed by atoms with Gasteiger partial charge in [0, 0.05) is 11.6 Å². The van der Waals surface area contributed by atoms with Gasteiger partial charge in [-0.2, -0.15) is 0 Å². The zero-order valence-electron chi connectivity index (χ0n) is 10.4. The van der Waals surface area contributed by atoms with E-state index in [1.165, 1.54) is 18.2 Å². The largest absolute Gasteiger partial charge is 0.489 e. The highest BCUT2D eigenvalue weighted by molar-refractivity contribution is 5.31. The first-order valence-corrected chi connectivity index (χ1v) is 5.97. The van der Waals surface area contributed by atoms with Crippen LogP contribution in [0, 0.1) is 5.82 Å². The third-order valence-electron chi connectivity index (χ3n) is 2.76. The molecule has 0 bridgehead atoms. The summed E-state index contributed by atoms with van der Waals surface area (Å²) in [4.78, 5) is 0. The van der Waals surface area contributed by atoms with Gasteiger partial charge in [-0.25, -0.2) is 4.39 Å². The normalized spacial score (nSPS) is 11.9. The van der Waals surface area contributed by atoms with Crippen molar-refractivity contribution >= 4 is 0 Å². The Balaban J connectivity index is 2.06. The molecule has 0 fully saturated rings. The molecule has 2 rings (SSSR count). The topological polar surface area (TPSA) is 29.5 Å². The van der Waals surface area contributed by atoms with Gasteiger partial charge in [-0.15, -0.1) is 6.58 Å². The lowest BCUT2D eigenvalue weighted by molar-refractivity contribution is 0.223. The van der Waals surface area contributed by atoms with Crippen LogP contribution in [0.1, 0.15) is 17.2 Å². The van der Waals surface area contributed by atoms with Crippen molar-refractivity contribution in [3.63, 3.8) is 0 Å². The smallest absolute Gasteiger partial charge is 0.133 e. The van der Waals surface area contributed by atoms with Crippen LogP contribution in [0.4, 0.5) is 4.39 Å². The molecular weight excluding hydrogens is 243 g/mol. The maximum absolute atomic E-state index is 13.7. The molecule has 98 valence electrons. The van der Waals surface area contributed by atoms with E-state index >= 15 is 0 Å². The van der Waals surface area contributed by atoms with E-state index in [0.717, 1.165) is 5.56 Å². The molecule has 1 unspecified atom stereocenters. The maximum Gasteiger partial charge on any atom is 0.133 e. The van der Waals surface area contributed by atoms with Crippen LogP contribution in [-0.2, 0) is 6.61 Å². The van der Waals surface area contributed by atoms with Gasteiger partial charge < -0.3 is 9.84 Å². The van der Waals surface area contributed by atoms with E-state index < -0.39 is 11.9 Å². The summed E-state index contributed by atoms with van der Waals surface area (Å²) in [6.07, 6.45) is 0.284. The van der Waals surface area contributed by atoms with Crippen LogP contribution < -0.4 is 4.74 Å². The Kier molecular flexibility index (Phi) is 4.31. The molecule has 0 aliphatic rings. The minimum absolute atomic E-state index is 0.196. The van der Waals surface area contributed by atoms with Gasteiger partial charge in [0.25, 0.3) is 0 Å². The molecule has 0 radical (unpaired) electrons. The average molecular weight is 258 g/mol. The molecule has 3 heteroatoms. The molecule has 0 aliphatic heterocycles. The second-order valence-electron chi connectivity index (χ2n) is 4.14. The van der Waals surface area contributed by atoms with Crippen LogP contribution in [0.5, 0.6) is 5.75 Å². The molecule has 0 amide bonds. The molecule has 0 heterocycles. The van der Waals surface area contributed by atoms with Crippen LogP contribution in [-0.4, -0.2) is 5.11 Å². The minimum Gasteiger partial charge on any atom is -0.489 e. The third-order valence-corrected chi connectivity index (χ3v) is 2.76. The lowest BCUT2D eigenvalue weighted by Crippen LogP contribution is -1.99. The average Bonchev–Trinajstić information content (AvgIpc) is 2.45. The van der Waals surface area contributed by atoms with Crippen LogP contribution >= 0.6 is 0 Å². The van der Waals surface area contributed by atoms with Gasteiger partial charge in [0.05, 0.1) is 6.10 Å². The fraction of sp³-hybridized carbons (Fsp3) is 0.125. The summed E-state index contributed by atoms with van der Waals surface area (Å²) in [5.41, 5.74) is 1.21. The van der Waals surface area contributed by atoms with E-state index in [2.05, 4.69) is 6.58 Å². The summed E-state index contributed by atoms with van der Waals surface area (Å²) in [7, 11) is 0. The molecule has 0 aromatic heterocycles. The molecule has 2 aromatic carbocycles. The van der Waals surface area contributed by atoms with Crippen molar-refractivity contribution in [1.82, 2.24) is 0 Å². The highest BCUT2D eigenvalue weighted by Gasteiger charge is 2.10. The van der Waals surface area contributed by atoms with Gasteiger partial charge in [-0.1, -0.05) is 36.4 Å². The number of benzene rings is 2. The number of aliphatic hydroxyl groups is 1. The van der Waals surface area contributed by atoms with E-state index in [4.69, 9.17) is 4.74 Å². The molecular formula is C16H15FO2. The molecule has 1 atom stereocenters. The summed E-state index contributed by atoms with van der Waals surface area (Å²) in [5, 5.41) is 9.51. The van der Waals surface area contributed by atoms with Crippen molar-refractivity contribution in [1.29, 1.82) is 0 Å². The zero-order valence-corrected chi connectivity index (χ0v) is 10.4. The first-order chi connectivity index (χ1) is 9.20. The van der Waals surface area contributed by atoms with Crippen LogP contribution in [0.15, 0.2) is 61.2 Å². The summed E-state index contributed by atoms with van der Waals surface area (Å²) >= 11 is 0. The predicted octanol–water partition coefficient (Wildman–Crippen LogP) is 3.62. The van der Waals surface area contributed by atoms with Gasteiger partial charge in [0.1, 0.15) is 18.2 Å². The number of hydrogen-bond acceptors (Lipinski definition) is 2.